The Hall–Kier alpha value is -3.29. The van der Waals surface area contributed by atoms with Gasteiger partial charge in [0.15, 0.2) is 9.84 Å². The topological polar surface area (TPSA) is 95.3 Å². The summed E-state index contributed by atoms with van der Waals surface area (Å²) in [4.78, 5) is 38.0. The Bertz CT molecular complexity index is 1730. The maximum absolute atomic E-state index is 13.8. The van der Waals surface area contributed by atoms with Gasteiger partial charge in [0.1, 0.15) is 21.6 Å². The Balaban J connectivity index is 1.36. The van der Waals surface area contributed by atoms with Gasteiger partial charge in [0.05, 0.1) is 28.0 Å². The summed E-state index contributed by atoms with van der Waals surface area (Å²) in [5.74, 6) is -0.291. The molecule has 1 aromatic carbocycles. The van der Waals surface area contributed by atoms with E-state index in [1.807, 2.05) is 17.9 Å². The smallest absolute Gasteiger partial charge is 0.267 e. The number of carbonyl (C=O) groups excluding carboxylic acids is 1. The zero-order valence-electron chi connectivity index (χ0n) is 21.6. The quantitative estimate of drug-likeness (QED) is 0.332. The lowest BCUT2D eigenvalue weighted by Gasteiger charge is -2.37. The van der Waals surface area contributed by atoms with Crippen LogP contribution in [0.5, 0.6) is 0 Å². The summed E-state index contributed by atoms with van der Waals surface area (Å²) in [6.45, 7) is 4.29. The van der Waals surface area contributed by atoms with Crippen LogP contribution in [-0.4, -0.2) is 76.7 Å². The van der Waals surface area contributed by atoms with Gasteiger partial charge in [-0.15, -0.1) is 0 Å². The molecule has 1 amide bonds. The molecule has 0 radical (unpaired) electrons. The first kappa shape index (κ1) is 26.9. The van der Waals surface area contributed by atoms with Gasteiger partial charge >= 0.3 is 0 Å². The van der Waals surface area contributed by atoms with Gasteiger partial charge < -0.3 is 9.80 Å². The van der Waals surface area contributed by atoms with Crippen LogP contribution in [-0.2, 0) is 14.6 Å². The predicted octanol–water partition coefficient (Wildman–Crippen LogP) is 2.86. The second-order valence-corrected chi connectivity index (χ2v) is 14.0. The Labute approximate surface area is 240 Å². The molecule has 3 aliphatic heterocycles. The minimum absolute atomic E-state index is 0.0249. The number of fused-ring (bicyclic) bond motifs is 1. The lowest BCUT2D eigenvalue weighted by Crippen LogP contribution is -2.47. The molecule has 3 aliphatic rings. The largest absolute Gasteiger partial charge is 0.368 e. The zero-order valence-corrected chi connectivity index (χ0v) is 24.1. The number of piperazine rings is 1. The number of benzene rings is 1. The molecular weight excluding hydrogens is 574 g/mol. The van der Waals surface area contributed by atoms with E-state index >= 15 is 0 Å². The van der Waals surface area contributed by atoms with E-state index in [4.69, 9.17) is 17.2 Å². The highest BCUT2D eigenvalue weighted by atomic mass is 32.2. The fraction of sp³-hybridized carbons (Fsp3) is 0.333. The molecule has 5 heterocycles. The zero-order chi connectivity index (χ0) is 28.2. The molecule has 3 saturated heterocycles. The number of amides is 1. The average molecular weight is 600 g/mol. The molecule has 0 bridgehead atoms. The van der Waals surface area contributed by atoms with Crippen LogP contribution >= 0.6 is 24.0 Å². The van der Waals surface area contributed by atoms with Gasteiger partial charge in [-0.25, -0.2) is 17.8 Å². The van der Waals surface area contributed by atoms with E-state index in [0.717, 1.165) is 23.0 Å². The summed E-state index contributed by atoms with van der Waals surface area (Å²) < 4.78 is 39.3. The third-order valence-corrected chi connectivity index (χ3v) is 10.6. The number of thiocarbonyl (C=S) groups is 1. The second kappa shape index (κ2) is 10.3. The van der Waals surface area contributed by atoms with Gasteiger partial charge in [-0.2, -0.15) is 0 Å². The van der Waals surface area contributed by atoms with Crippen LogP contribution in [0.4, 0.5) is 15.9 Å². The number of hydrogen-bond donors (Lipinski definition) is 0. The van der Waals surface area contributed by atoms with Gasteiger partial charge in [-0.05, 0) is 55.3 Å². The molecule has 1 atom stereocenters. The Morgan fingerprint density at radius 2 is 1.77 bits per heavy atom. The van der Waals surface area contributed by atoms with Crippen molar-refractivity contribution in [1.82, 2.24) is 14.3 Å². The summed E-state index contributed by atoms with van der Waals surface area (Å²) in [5.41, 5.74) is 2.26. The summed E-state index contributed by atoms with van der Waals surface area (Å²) in [5, 5.41) is 0. The van der Waals surface area contributed by atoms with Gasteiger partial charge in [0.25, 0.3) is 11.5 Å². The van der Waals surface area contributed by atoms with Gasteiger partial charge in [0, 0.05) is 38.1 Å². The van der Waals surface area contributed by atoms with Crippen molar-refractivity contribution in [1.29, 1.82) is 0 Å². The molecule has 0 N–H and O–H groups in total. The molecule has 13 heteroatoms. The van der Waals surface area contributed by atoms with Crippen molar-refractivity contribution in [3.63, 3.8) is 0 Å². The molecule has 0 spiro atoms. The Morgan fingerprint density at radius 3 is 2.45 bits per heavy atom. The van der Waals surface area contributed by atoms with Crippen molar-refractivity contribution in [3.05, 3.63) is 74.8 Å². The molecule has 2 aromatic heterocycles. The monoisotopic (exact) mass is 599 g/mol. The van der Waals surface area contributed by atoms with Crippen molar-refractivity contribution < 1.29 is 17.6 Å². The molecule has 3 fully saturated rings. The van der Waals surface area contributed by atoms with Crippen molar-refractivity contribution in [2.45, 2.75) is 19.4 Å². The fourth-order valence-corrected chi connectivity index (χ4v) is 8.48. The number of pyridine rings is 1. The summed E-state index contributed by atoms with van der Waals surface area (Å²) in [6.07, 6.45) is 3.54. The maximum atomic E-state index is 13.8. The van der Waals surface area contributed by atoms with E-state index in [1.54, 1.807) is 30.5 Å². The highest BCUT2D eigenvalue weighted by Gasteiger charge is 2.42. The fourth-order valence-electron chi connectivity index (χ4n) is 5.40. The number of aromatic nitrogens is 2. The summed E-state index contributed by atoms with van der Waals surface area (Å²) >= 11 is 6.54. The molecule has 3 aromatic rings. The van der Waals surface area contributed by atoms with Crippen LogP contribution in [0.3, 0.4) is 0 Å². The molecule has 1 unspecified atom stereocenters. The third-order valence-electron chi connectivity index (χ3n) is 7.51. The van der Waals surface area contributed by atoms with E-state index in [0.29, 0.717) is 44.1 Å². The molecule has 9 nitrogen and oxygen atoms in total. The van der Waals surface area contributed by atoms with Crippen molar-refractivity contribution in [3.8, 4) is 0 Å². The van der Waals surface area contributed by atoms with Crippen molar-refractivity contribution >= 4 is 67.3 Å². The van der Waals surface area contributed by atoms with Crippen LogP contribution in [0.2, 0.25) is 0 Å². The highest BCUT2D eigenvalue weighted by Crippen LogP contribution is 2.37. The maximum Gasteiger partial charge on any atom is 0.267 e. The molecule has 40 heavy (non-hydrogen) atoms. The van der Waals surface area contributed by atoms with Gasteiger partial charge in [0.2, 0.25) is 0 Å². The number of hydrogen-bond acceptors (Lipinski definition) is 9. The Kier molecular flexibility index (Phi) is 6.91. The van der Waals surface area contributed by atoms with Gasteiger partial charge in [-0.3, -0.25) is 18.9 Å². The van der Waals surface area contributed by atoms with Crippen molar-refractivity contribution in [2.75, 3.05) is 47.5 Å². The number of thioether (sulfide) groups is 1. The highest BCUT2D eigenvalue weighted by molar-refractivity contribution is 8.26. The summed E-state index contributed by atoms with van der Waals surface area (Å²) in [7, 11) is -3.21. The number of nitrogens with zero attached hydrogens (tertiary/aromatic N) is 5. The first-order chi connectivity index (χ1) is 19.1. The van der Waals surface area contributed by atoms with E-state index < -0.39 is 21.8 Å². The van der Waals surface area contributed by atoms with E-state index in [9.17, 15) is 22.4 Å². The van der Waals surface area contributed by atoms with Crippen LogP contribution < -0.4 is 15.4 Å². The number of carbonyl (C=O) groups is 1. The Morgan fingerprint density at radius 1 is 1.07 bits per heavy atom. The van der Waals surface area contributed by atoms with Crippen LogP contribution in [0, 0.1) is 12.7 Å². The minimum atomic E-state index is -3.21. The second-order valence-electron chi connectivity index (χ2n) is 10.1. The molecule has 6 rings (SSSR count). The normalized spacial score (nSPS) is 22.2. The van der Waals surface area contributed by atoms with E-state index in [1.165, 1.54) is 21.4 Å². The molecule has 0 saturated carbocycles. The molecule has 208 valence electrons. The van der Waals surface area contributed by atoms with Gasteiger partial charge in [-0.1, -0.05) is 30.0 Å². The van der Waals surface area contributed by atoms with E-state index in [-0.39, 0.29) is 37.7 Å². The lowest BCUT2D eigenvalue weighted by molar-refractivity contribution is -0.123. The number of anilines is 2. The standard InChI is InChI=1S/C27H26FN5O4S3/c1-17-3-2-9-32-23(17)29-24(31-12-10-30(11-13-31)19-6-4-18(28)5-7-19)21(25(32)34)15-22-26(35)33(27(38)39-22)20-8-14-40(36,37)16-20/h2-7,9,15,20H,8,10-14,16H2,1H3. The first-order valence-electron chi connectivity index (χ1n) is 12.9. The third kappa shape index (κ3) is 4.90. The lowest BCUT2D eigenvalue weighted by atomic mass is 10.2. The minimum Gasteiger partial charge on any atom is -0.368 e. The summed E-state index contributed by atoms with van der Waals surface area (Å²) in [6, 6.07) is 9.53. The van der Waals surface area contributed by atoms with E-state index in [2.05, 4.69) is 4.90 Å². The molecular formula is C27H26FN5O4S3. The number of rotatable bonds is 4. The van der Waals surface area contributed by atoms with Crippen LogP contribution in [0.25, 0.3) is 11.7 Å². The first-order valence-corrected chi connectivity index (χ1v) is 15.9. The van der Waals surface area contributed by atoms with Crippen LogP contribution in [0.15, 0.2) is 52.3 Å². The number of sulfone groups is 1. The van der Waals surface area contributed by atoms with Crippen LogP contribution in [0.1, 0.15) is 17.5 Å². The SMILES string of the molecule is Cc1cccn2c(=O)c(C=C3SC(=S)N(C4CCS(=O)(=O)C4)C3=O)c(N3CCN(c4ccc(F)cc4)CC3)nc12. The van der Waals surface area contributed by atoms with Crippen molar-refractivity contribution in [2.24, 2.45) is 0 Å². The number of halogens is 1. The molecule has 0 aliphatic carbocycles. The predicted molar refractivity (Wildman–Crippen MR) is 159 cm³/mol. The average Bonchev–Trinajstić information content (AvgIpc) is 3.42. The number of aryl methyl sites for hydroxylation is 1.